The first-order valence-electron chi connectivity index (χ1n) is 10.5. The molecule has 1 saturated heterocycles. The van der Waals surface area contributed by atoms with Crippen LogP contribution in [-0.2, 0) is 11.3 Å². The molecule has 0 atom stereocenters. The normalized spacial score (nSPS) is 15.3. The smallest absolute Gasteiger partial charge is 0.232 e. The van der Waals surface area contributed by atoms with Crippen LogP contribution in [0.3, 0.4) is 0 Å². The number of piperidine rings is 1. The number of benzene rings is 3. The average Bonchev–Trinajstić information content (AvgIpc) is 2.78. The van der Waals surface area contributed by atoms with E-state index in [0.29, 0.717) is 0 Å². The summed E-state index contributed by atoms with van der Waals surface area (Å²) in [4.78, 5) is 15.7. The molecule has 1 amide bonds. The fraction of sp³-hybridized carbons (Fsp3) is 0.269. The Labute approximate surface area is 173 Å². The second-order valence-electron chi connectivity index (χ2n) is 7.80. The van der Waals surface area contributed by atoms with E-state index in [1.54, 1.807) is 0 Å². The molecule has 0 unspecified atom stereocenters. The van der Waals surface area contributed by atoms with Crippen LogP contribution in [0.2, 0.25) is 0 Å². The summed E-state index contributed by atoms with van der Waals surface area (Å²) in [6.07, 6.45) is 1.99. The highest BCUT2D eigenvalue weighted by Gasteiger charge is 2.26. The number of carbonyl (C=O) groups is 1. The largest absolute Gasteiger partial charge is 0.352 e. The highest BCUT2D eigenvalue weighted by Crippen LogP contribution is 2.25. The van der Waals surface area contributed by atoms with Crippen molar-refractivity contribution >= 4 is 5.91 Å². The van der Waals surface area contributed by atoms with Gasteiger partial charge in [-0.15, -0.1) is 0 Å². The first-order valence-corrected chi connectivity index (χ1v) is 10.5. The van der Waals surface area contributed by atoms with Crippen molar-refractivity contribution in [2.45, 2.75) is 31.3 Å². The molecule has 1 aliphatic rings. The van der Waals surface area contributed by atoms with E-state index in [4.69, 9.17) is 0 Å². The van der Waals surface area contributed by atoms with Crippen LogP contribution >= 0.6 is 0 Å². The minimum atomic E-state index is -0.264. The molecule has 4 rings (SSSR count). The van der Waals surface area contributed by atoms with Crippen LogP contribution in [0.5, 0.6) is 0 Å². The quantitative estimate of drug-likeness (QED) is 0.674. The maximum Gasteiger partial charge on any atom is 0.232 e. The zero-order chi connectivity index (χ0) is 19.9. The molecule has 1 heterocycles. The van der Waals surface area contributed by atoms with Gasteiger partial charge in [0.05, 0.1) is 5.92 Å². The monoisotopic (exact) mass is 384 g/mol. The van der Waals surface area contributed by atoms with Crippen molar-refractivity contribution in [1.82, 2.24) is 10.2 Å². The van der Waals surface area contributed by atoms with Gasteiger partial charge in [0.15, 0.2) is 0 Å². The molecule has 0 aliphatic carbocycles. The SMILES string of the molecule is O=C(NC1CCN(Cc2ccccc2)CC1)C(c1ccccc1)c1ccccc1. The van der Waals surface area contributed by atoms with Crippen molar-refractivity contribution in [3.8, 4) is 0 Å². The molecular formula is C26H28N2O. The molecule has 0 spiro atoms. The van der Waals surface area contributed by atoms with Crippen LogP contribution in [0.1, 0.15) is 35.4 Å². The van der Waals surface area contributed by atoms with E-state index >= 15 is 0 Å². The van der Waals surface area contributed by atoms with Gasteiger partial charge in [-0.2, -0.15) is 0 Å². The Bertz CT molecular complexity index is 848. The maximum atomic E-state index is 13.3. The van der Waals surface area contributed by atoms with Crippen molar-refractivity contribution in [2.24, 2.45) is 0 Å². The number of nitrogens with zero attached hydrogens (tertiary/aromatic N) is 1. The number of likely N-dealkylation sites (tertiary alicyclic amines) is 1. The Balaban J connectivity index is 1.39. The van der Waals surface area contributed by atoms with E-state index in [0.717, 1.165) is 43.6 Å². The third-order valence-electron chi connectivity index (χ3n) is 5.71. The Morgan fingerprint density at radius 1 is 0.793 bits per heavy atom. The minimum Gasteiger partial charge on any atom is -0.352 e. The number of rotatable bonds is 6. The van der Waals surface area contributed by atoms with Crippen LogP contribution in [0.4, 0.5) is 0 Å². The Kier molecular flexibility index (Phi) is 6.38. The second kappa shape index (κ2) is 9.53. The summed E-state index contributed by atoms with van der Waals surface area (Å²) in [5.41, 5.74) is 3.43. The number of nitrogens with one attached hydrogen (secondary N) is 1. The molecule has 0 saturated carbocycles. The van der Waals surface area contributed by atoms with Gasteiger partial charge in [0.1, 0.15) is 0 Å². The van der Waals surface area contributed by atoms with Gasteiger partial charge in [-0.3, -0.25) is 9.69 Å². The maximum absolute atomic E-state index is 13.3. The highest BCUT2D eigenvalue weighted by molar-refractivity contribution is 5.87. The predicted molar refractivity (Wildman–Crippen MR) is 118 cm³/mol. The molecular weight excluding hydrogens is 356 g/mol. The average molecular weight is 385 g/mol. The fourth-order valence-corrected chi connectivity index (χ4v) is 4.15. The van der Waals surface area contributed by atoms with Crippen LogP contribution in [0.25, 0.3) is 0 Å². The molecule has 0 aromatic heterocycles. The minimum absolute atomic E-state index is 0.101. The molecule has 148 valence electrons. The summed E-state index contributed by atoms with van der Waals surface area (Å²) >= 11 is 0. The van der Waals surface area contributed by atoms with Crippen LogP contribution in [-0.4, -0.2) is 29.9 Å². The Hall–Kier alpha value is -2.91. The molecule has 3 nitrogen and oxygen atoms in total. The standard InChI is InChI=1S/C26H28N2O/c29-26(25(22-12-6-2-7-13-22)23-14-8-3-9-15-23)27-24-16-18-28(19-17-24)20-21-10-4-1-5-11-21/h1-15,24-25H,16-20H2,(H,27,29). The number of hydrogen-bond acceptors (Lipinski definition) is 2. The molecule has 0 radical (unpaired) electrons. The summed E-state index contributed by atoms with van der Waals surface area (Å²) < 4.78 is 0. The second-order valence-corrected chi connectivity index (χ2v) is 7.80. The van der Waals surface area contributed by atoms with E-state index in [2.05, 4.69) is 40.5 Å². The van der Waals surface area contributed by atoms with Crippen LogP contribution in [0.15, 0.2) is 91.0 Å². The molecule has 3 aromatic rings. The molecule has 3 heteroatoms. The molecule has 0 bridgehead atoms. The molecule has 1 fully saturated rings. The van der Waals surface area contributed by atoms with E-state index in [1.807, 2.05) is 60.7 Å². The molecule has 3 aromatic carbocycles. The van der Waals surface area contributed by atoms with Crippen molar-refractivity contribution in [1.29, 1.82) is 0 Å². The van der Waals surface area contributed by atoms with E-state index in [1.165, 1.54) is 5.56 Å². The Morgan fingerprint density at radius 2 is 1.28 bits per heavy atom. The van der Waals surface area contributed by atoms with E-state index in [9.17, 15) is 4.79 Å². The highest BCUT2D eigenvalue weighted by atomic mass is 16.1. The van der Waals surface area contributed by atoms with Crippen molar-refractivity contribution < 1.29 is 4.79 Å². The van der Waals surface area contributed by atoms with Crippen molar-refractivity contribution in [2.75, 3.05) is 13.1 Å². The van der Waals surface area contributed by atoms with Gasteiger partial charge in [0.25, 0.3) is 0 Å². The molecule has 29 heavy (non-hydrogen) atoms. The lowest BCUT2D eigenvalue weighted by atomic mass is 9.90. The first kappa shape index (κ1) is 19.4. The molecule has 1 N–H and O–H groups in total. The van der Waals surface area contributed by atoms with Gasteiger partial charge in [-0.1, -0.05) is 91.0 Å². The first-order chi connectivity index (χ1) is 14.3. The lowest BCUT2D eigenvalue weighted by Gasteiger charge is -2.33. The number of amides is 1. The van der Waals surface area contributed by atoms with E-state index in [-0.39, 0.29) is 17.9 Å². The van der Waals surface area contributed by atoms with Crippen molar-refractivity contribution in [3.63, 3.8) is 0 Å². The summed E-state index contributed by atoms with van der Waals surface area (Å²) in [5.74, 6) is -0.163. The number of hydrogen-bond donors (Lipinski definition) is 1. The summed E-state index contributed by atoms with van der Waals surface area (Å²) in [7, 11) is 0. The van der Waals surface area contributed by atoms with Gasteiger partial charge < -0.3 is 5.32 Å². The summed E-state index contributed by atoms with van der Waals surface area (Å²) in [5, 5.41) is 3.33. The fourth-order valence-electron chi connectivity index (χ4n) is 4.15. The third-order valence-corrected chi connectivity index (χ3v) is 5.71. The van der Waals surface area contributed by atoms with Gasteiger partial charge >= 0.3 is 0 Å². The Morgan fingerprint density at radius 3 is 1.79 bits per heavy atom. The zero-order valence-electron chi connectivity index (χ0n) is 16.7. The topological polar surface area (TPSA) is 32.3 Å². The molecule has 1 aliphatic heterocycles. The van der Waals surface area contributed by atoms with Gasteiger partial charge in [0, 0.05) is 25.7 Å². The summed E-state index contributed by atoms with van der Waals surface area (Å²) in [6.45, 7) is 3.01. The van der Waals surface area contributed by atoms with Gasteiger partial charge in [-0.05, 0) is 29.5 Å². The van der Waals surface area contributed by atoms with Gasteiger partial charge in [0.2, 0.25) is 5.91 Å². The van der Waals surface area contributed by atoms with E-state index < -0.39 is 0 Å². The predicted octanol–water partition coefficient (Wildman–Crippen LogP) is 4.60. The lowest BCUT2D eigenvalue weighted by molar-refractivity contribution is -0.122. The lowest BCUT2D eigenvalue weighted by Crippen LogP contribution is -2.45. The van der Waals surface area contributed by atoms with Crippen molar-refractivity contribution in [3.05, 3.63) is 108 Å². The van der Waals surface area contributed by atoms with Crippen LogP contribution < -0.4 is 5.32 Å². The third kappa shape index (κ3) is 5.12. The number of carbonyl (C=O) groups excluding carboxylic acids is 1. The van der Waals surface area contributed by atoms with Gasteiger partial charge in [-0.25, -0.2) is 0 Å². The summed E-state index contributed by atoms with van der Waals surface area (Å²) in [6, 6.07) is 31.0. The van der Waals surface area contributed by atoms with Crippen LogP contribution in [0, 0.1) is 0 Å². The zero-order valence-corrected chi connectivity index (χ0v) is 16.7.